The van der Waals surface area contributed by atoms with Gasteiger partial charge in [-0.25, -0.2) is 18.1 Å². The lowest BCUT2D eigenvalue weighted by molar-refractivity contribution is 0.532. The van der Waals surface area contributed by atoms with Gasteiger partial charge in [-0.1, -0.05) is 25.4 Å². The molecule has 0 amide bonds. The van der Waals surface area contributed by atoms with Crippen molar-refractivity contribution in [3.63, 3.8) is 0 Å². The van der Waals surface area contributed by atoms with E-state index in [4.69, 9.17) is 11.6 Å². The zero-order chi connectivity index (χ0) is 18.0. The van der Waals surface area contributed by atoms with E-state index in [1.165, 1.54) is 6.07 Å². The van der Waals surface area contributed by atoms with Crippen LogP contribution >= 0.6 is 22.9 Å². The molecule has 1 N–H and O–H groups in total. The molecule has 0 saturated carbocycles. The molecular weight excluding hydrogens is 378 g/mol. The van der Waals surface area contributed by atoms with Crippen molar-refractivity contribution in [3.05, 3.63) is 46.6 Å². The molecule has 0 saturated heterocycles. The summed E-state index contributed by atoms with van der Waals surface area (Å²) in [4.78, 5) is 4.47. The summed E-state index contributed by atoms with van der Waals surface area (Å²) in [6.45, 7) is 5.53. The first kappa shape index (κ1) is 18.4. The Morgan fingerprint density at radius 3 is 2.80 bits per heavy atom. The predicted molar refractivity (Wildman–Crippen MR) is 103 cm³/mol. The number of rotatable bonds is 7. The van der Waals surface area contributed by atoms with E-state index < -0.39 is 10.0 Å². The van der Waals surface area contributed by atoms with Crippen molar-refractivity contribution in [3.8, 4) is 0 Å². The van der Waals surface area contributed by atoms with Crippen LogP contribution in [0, 0.1) is 5.92 Å². The molecular formula is C17H20ClN3O2S2. The molecule has 5 nitrogen and oxygen atoms in total. The minimum atomic E-state index is -3.51. The highest BCUT2D eigenvalue weighted by molar-refractivity contribution is 7.91. The van der Waals surface area contributed by atoms with E-state index in [2.05, 4.69) is 34.3 Å². The fourth-order valence-electron chi connectivity index (χ4n) is 2.76. The third-order valence-corrected chi connectivity index (χ3v) is 6.96. The minimum Gasteiger partial charge on any atom is -0.332 e. The van der Waals surface area contributed by atoms with Gasteiger partial charge in [0.05, 0.1) is 4.34 Å². The largest absolute Gasteiger partial charge is 0.332 e. The van der Waals surface area contributed by atoms with Gasteiger partial charge in [-0.3, -0.25) is 0 Å². The highest BCUT2D eigenvalue weighted by atomic mass is 35.5. The molecule has 134 valence electrons. The molecule has 0 bridgehead atoms. The number of hydrogen-bond donors (Lipinski definition) is 1. The molecule has 0 unspecified atom stereocenters. The molecule has 0 radical (unpaired) electrons. The maximum Gasteiger partial charge on any atom is 0.250 e. The third kappa shape index (κ3) is 4.23. The molecule has 3 aromatic rings. The van der Waals surface area contributed by atoms with E-state index in [1.807, 2.05) is 12.1 Å². The minimum absolute atomic E-state index is 0.237. The van der Waals surface area contributed by atoms with Crippen LogP contribution in [0.3, 0.4) is 0 Å². The van der Waals surface area contributed by atoms with E-state index in [0.29, 0.717) is 23.2 Å². The fraction of sp³-hybridized carbons (Fsp3) is 0.353. The second-order valence-corrected chi connectivity index (χ2v) is 9.99. The lowest BCUT2D eigenvalue weighted by Gasteiger charge is -2.06. The lowest BCUT2D eigenvalue weighted by Crippen LogP contribution is -2.25. The van der Waals surface area contributed by atoms with Gasteiger partial charge < -0.3 is 4.57 Å². The summed E-state index contributed by atoms with van der Waals surface area (Å²) < 4.78 is 30.0. The monoisotopic (exact) mass is 397 g/mol. The lowest BCUT2D eigenvalue weighted by atomic mass is 10.2. The van der Waals surface area contributed by atoms with Crippen LogP contribution in [0.15, 0.2) is 40.9 Å². The molecule has 25 heavy (non-hydrogen) atoms. The number of hydrogen-bond acceptors (Lipinski definition) is 4. The number of aromatic nitrogens is 2. The van der Waals surface area contributed by atoms with E-state index in [0.717, 1.165) is 34.5 Å². The number of fused-ring (bicyclic) bond motifs is 1. The highest BCUT2D eigenvalue weighted by Gasteiger charge is 2.17. The molecule has 0 aliphatic rings. The smallest absolute Gasteiger partial charge is 0.250 e. The van der Waals surface area contributed by atoms with Crippen molar-refractivity contribution in [2.75, 3.05) is 6.54 Å². The molecule has 3 aromatic heterocycles. The van der Waals surface area contributed by atoms with Crippen molar-refractivity contribution >= 4 is 44.0 Å². The van der Waals surface area contributed by atoms with Gasteiger partial charge in [0.25, 0.3) is 0 Å². The van der Waals surface area contributed by atoms with Crippen molar-refractivity contribution in [2.24, 2.45) is 5.92 Å². The second-order valence-electron chi connectivity index (χ2n) is 6.28. The topological polar surface area (TPSA) is 64.0 Å². The van der Waals surface area contributed by atoms with E-state index in [9.17, 15) is 8.42 Å². The molecule has 0 spiro atoms. The van der Waals surface area contributed by atoms with Gasteiger partial charge in [-0.05, 0) is 42.2 Å². The summed E-state index contributed by atoms with van der Waals surface area (Å²) in [5.41, 5.74) is 2.04. The second kappa shape index (κ2) is 7.45. The van der Waals surface area contributed by atoms with Crippen molar-refractivity contribution < 1.29 is 8.42 Å². The number of nitrogens with zero attached hydrogens (tertiary/aromatic N) is 2. The molecule has 0 atom stereocenters. The maximum atomic E-state index is 12.3. The van der Waals surface area contributed by atoms with Crippen LogP contribution in [0.2, 0.25) is 4.34 Å². The Hall–Kier alpha value is -1.41. The number of nitrogens with one attached hydrogen (secondary N) is 1. The standard InChI is InChI=1S/C17H20ClN3O2S2/c1-12(2)10-21-11-13(14-4-3-8-19-17(14)21)7-9-20-25(22,23)16-6-5-15(18)24-16/h3-6,8,11-12,20H,7,9-10H2,1-2H3. The number of sulfonamides is 1. The van der Waals surface area contributed by atoms with Crippen LogP contribution in [0.25, 0.3) is 11.0 Å². The molecule has 8 heteroatoms. The van der Waals surface area contributed by atoms with Crippen LogP contribution < -0.4 is 4.72 Å². The quantitative estimate of drug-likeness (QED) is 0.657. The average molecular weight is 398 g/mol. The van der Waals surface area contributed by atoms with Gasteiger partial charge in [0.1, 0.15) is 9.86 Å². The van der Waals surface area contributed by atoms with Gasteiger partial charge >= 0.3 is 0 Å². The predicted octanol–water partition coefficient (Wildman–Crippen LogP) is 3.93. The molecule has 3 rings (SSSR count). The summed E-state index contributed by atoms with van der Waals surface area (Å²) in [6, 6.07) is 7.05. The Labute approximate surface area is 156 Å². The van der Waals surface area contributed by atoms with Gasteiger partial charge in [-0.2, -0.15) is 0 Å². The summed E-state index contributed by atoms with van der Waals surface area (Å²) in [6.07, 6.45) is 4.46. The average Bonchev–Trinajstić information content (AvgIpc) is 3.13. The van der Waals surface area contributed by atoms with Gasteiger partial charge in [0.15, 0.2) is 0 Å². The van der Waals surface area contributed by atoms with Gasteiger partial charge in [-0.15, -0.1) is 11.3 Å². The van der Waals surface area contributed by atoms with Crippen molar-refractivity contribution in [2.45, 2.75) is 31.0 Å². The molecule has 0 aromatic carbocycles. The third-order valence-electron chi connectivity index (χ3n) is 3.78. The Balaban J connectivity index is 1.75. The number of thiophene rings is 1. The Morgan fingerprint density at radius 1 is 1.32 bits per heavy atom. The first-order valence-corrected chi connectivity index (χ1v) is 10.7. The highest BCUT2D eigenvalue weighted by Crippen LogP contribution is 2.25. The zero-order valence-electron chi connectivity index (χ0n) is 14.1. The van der Waals surface area contributed by atoms with Crippen LogP contribution in [0.4, 0.5) is 0 Å². The molecule has 3 heterocycles. The Kier molecular flexibility index (Phi) is 5.48. The first-order valence-electron chi connectivity index (χ1n) is 8.04. The van der Waals surface area contributed by atoms with Crippen LogP contribution in [0.1, 0.15) is 19.4 Å². The van der Waals surface area contributed by atoms with Crippen molar-refractivity contribution in [1.29, 1.82) is 0 Å². The number of halogens is 1. The van der Waals surface area contributed by atoms with E-state index in [-0.39, 0.29) is 4.21 Å². The van der Waals surface area contributed by atoms with Crippen molar-refractivity contribution in [1.82, 2.24) is 14.3 Å². The van der Waals surface area contributed by atoms with Gasteiger partial charge in [0.2, 0.25) is 10.0 Å². The Morgan fingerprint density at radius 2 is 2.12 bits per heavy atom. The molecule has 0 aliphatic carbocycles. The normalized spacial score (nSPS) is 12.3. The first-order chi connectivity index (χ1) is 11.9. The van der Waals surface area contributed by atoms with E-state index >= 15 is 0 Å². The summed E-state index contributed by atoms with van der Waals surface area (Å²) in [5.74, 6) is 0.507. The van der Waals surface area contributed by atoms with Crippen LogP contribution in [0.5, 0.6) is 0 Å². The Bertz CT molecular complexity index is 977. The number of pyridine rings is 1. The summed E-state index contributed by atoms with van der Waals surface area (Å²) >= 11 is 6.88. The van der Waals surface area contributed by atoms with Crippen LogP contribution in [-0.2, 0) is 23.0 Å². The summed E-state index contributed by atoms with van der Waals surface area (Å²) in [5, 5.41) is 1.07. The maximum absolute atomic E-state index is 12.3. The fourth-order valence-corrected chi connectivity index (χ4v) is 5.32. The SMILES string of the molecule is CC(C)Cn1cc(CCNS(=O)(=O)c2ccc(Cl)s2)c2cccnc21. The van der Waals surface area contributed by atoms with Crippen LogP contribution in [-0.4, -0.2) is 24.5 Å². The zero-order valence-corrected chi connectivity index (χ0v) is 16.5. The summed E-state index contributed by atoms with van der Waals surface area (Å²) in [7, 11) is -3.51. The van der Waals surface area contributed by atoms with Gasteiger partial charge in [0, 0.05) is 30.9 Å². The van der Waals surface area contributed by atoms with E-state index in [1.54, 1.807) is 12.3 Å². The molecule has 0 aliphatic heterocycles. The molecule has 0 fully saturated rings.